The van der Waals surface area contributed by atoms with Crippen LogP contribution in [-0.2, 0) is 9.53 Å². The van der Waals surface area contributed by atoms with Gasteiger partial charge in [-0.05, 0) is 99.1 Å². The average Bonchev–Trinajstić information content (AvgIpc) is 2.84. The monoisotopic (exact) mass is 419 g/mol. The number of hydrogen-bond acceptors (Lipinski definition) is 5. The lowest BCUT2D eigenvalue weighted by Gasteiger charge is -2.65. The second-order valence-electron chi connectivity index (χ2n) is 11.2. The van der Waals surface area contributed by atoms with Crippen molar-refractivity contribution < 1.29 is 14.6 Å². The van der Waals surface area contributed by atoms with Crippen molar-refractivity contribution in [2.75, 3.05) is 13.2 Å². The maximum absolute atomic E-state index is 13.0. The van der Waals surface area contributed by atoms with E-state index < -0.39 is 0 Å². The van der Waals surface area contributed by atoms with Gasteiger partial charge in [0.1, 0.15) is 0 Å². The summed E-state index contributed by atoms with van der Waals surface area (Å²) in [5, 5.41) is 13.2. The van der Waals surface area contributed by atoms with Gasteiger partial charge in [-0.2, -0.15) is 0 Å². The van der Waals surface area contributed by atoms with Gasteiger partial charge in [-0.3, -0.25) is 4.79 Å². The molecule has 0 aromatic heterocycles. The largest absolute Gasteiger partial charge is 0.466 e. The van der Waals surface area contributed by atoms with Crippen molar-refractivity contribution in [2.24, 2.45) is 44.4 Å². The quantitative estimate of drug-likeness (QED) is 0.394. The number of fused-ring (bicyclic) bond motifs is 3. The minimum absolute atomic E-state index is 0.000774. The number of aliphatic hydroxyl groups excluding tert-OH is 1. The lowest BCUT2D eigenvalue weighted by molar-refractivity contribution is -0.193. The van der Waals surface area contributed by atoms with E-state index in [1.165, 1.54) is 12.8 Å². The van der Waals surface area contributed by atoms with Crippen LogP contribution in [0.15, 0.2) is 4.99 Å². The molecular weight excluding hydrogens is 382 g/mol. The molecule has 4 fully saturated rings. The van der Waals surface area contributed by atoms with Gasteiger partial charge in [0.15, 0.2) is 0 Å². The Morgan fingerprint density at radius 2 is 1.90 bits per heavy atom. The number of aliphatic imine (C=N–C) groups is 1. The van der Waals surface area contributed by atoms with Crippen LogP contribution in [0, 0.1) is 39.4 Å². The van der Waals surface area contributed by atoms with E-state index in [4.69, 9.17) is 17.0 Å². The summed E-state index contributed by atoms with van der Waals surface area (Å²) >= 11 is 4.99. The topological polar surface area (TPSA) is 58.9 Å². The van der Waals surface area contributed by atoms with Crippen LogP contribution in [0.3, 0.4) is 0 Å². The molecule has 0 heterocycles. The Kier molecular flexibility index (Phi) is 5.28. The number of ether oxygens (including phenoxy) is 1. The number of carbonyl (C=O) groups is 1. The van der Waals surface area contributed by atoms with E-state index in [0.717, 1.165) is 38.5 Å². The van der Waals surface area contributed by atoms with Gasteiger partial charge in [-0.15, -0.1) is 0 Å². The van der Waals surface area contributed by atoms with E-state index >= 15 is 0 Å². The highest BCUT2D eigenvalue weighted by Crippen LogP contribution is 2.75. The zero-order chi connectivity index (χ0) is 21.1. The lowest BCUT2D eigenvalue weighted by atomic mass is 9.39. The first-order valence-electron chi connectivity index (χ1n) is 11.6. The number of carbonyl (C=O) groups excluding carboxylic acids is 1. The molecular formula is C24H37NO3S. The Balaban J connectivity index is 1.76. The van der Waals surface area contributed by atoms with Crippen molar-refractivity contribution in [3.05, 3.63) is 0 Å². The molecule has 0 aromatic carbocycles. The predicted molar refractivity (Wildman–Crippen MR) is 117 cm³/mol. The summed E-state index contributed by atoms with van der Waals surface area (Å²) in [4.78, 5) is 17.7. The Morgan fingerprint density at radius 3 is 2.55 bits per heavy atom. The lowest BCUT2D eigenvalue weighted by Crippen LogP contribution is -2.60. The predicted octanol–water partition coefficient (Wildman–Crippen LogP) is 5.04. The summed E-state index contributed by atoms with van der Waals surface area (Å²) in [6.07, 6.45) is 8.73. The summed E-state index contributed by atoms with van der Waals surface area (Å²) in [7, 11) is 0. The van der Waals surface area contributed by atoms with E-state index in [1.807, 2.05) is 6.92 Å². The molecule has 4 rings (SSSR count). The normalized spacial score (nSPS) is 50.8. The summed E-state index contributed by atoms with van der Waals surface area (Å²) < 4.78 is 5.57. The Labute approximate surface area is 180 Å². The molecule has 0 radical (unpaired) electrons. The van der Waals surface area contributed by atoms with E-state index in [0.29, 0.717) is 18.4 Å². The fraction of sp³-hybridized carbons (Fsp3) is 0.917. The van der Waals surface area contributed by atoms with Gasteiger partial charge in [0.2, 0.25) is 0 Å². The number of aliphatic hydroxyl groups is 1. The van der Waals surface area contributed by atoms with Crippen molar-refractivity contribution in [3.8, 4) is 0 Å². The van der Waals surface area contributed by atoms with E-state index in [2.05, 4.69) is 30.9 Å². The highest BCUT2D eigenvalue weighted by atomic mass is 32.1. The number of nitrogens with zero attached hydrogens (tertiary/aromatic N) is 1. The molecule has 0 aliphatic heterocycles. The van der Waals surface area contributed by atoms with Crippen molar-refractivity contribution in [2.45, 2.75) is 85.1 Å². The van der Waals surface area contributed by atoms with Gasteiger partial charge in [-0.25, -0.2) is 4.99 Å². The molecule has 4 aliphatic carbocycles. The Morgan fingerprint density at radius 1 is 1.17 bits per heavy atom. The molecule has 1 N–H and O–H groups in total. The molecule has 0 unspecified atom stereocenters. The maximum atomic E-state index is 13.0. The fourth-order valence-electron chi connectivity index (χ4n) is 9.12. The third kappa shape index (κ3) is 2.76. The van der Waals surface area contributed by atoms with Gasteiger partial charge < -0.3 is 9.84 Å². The summed E-state index contributed by atoms with van der Waals surface area (Å²) in [5.41, 5.74) is -0.0496. The van der Waals surface area contributed by atoms with Crippen molar-refractivity contribution in [1.82, 2.24) is 0 Å². The zero-order valence-electron chi connectivity index (χ0n) is 18.5. The third-order valence-electron chi connectivity index (χ3n) is 10.1. The molecule has 8 atom stereocenters. The SMILES string of the molecule is CCOC(=O)[C@]1(C)CCC[C@@]2(C)[C@@H]3CC[C@@]4(C)C[C@]3(CC[C@@H]21)[C@H](CO)[C@H]4N=C=S. The molecule has 1 spiro atoms. The van der Waals surface area contributed by atoms with Crippen LogP contribution in [0.2, 0.25) is 0 Å². The maximum Gasteiger partial charge on any atom is 0.312 e. The van der Waals surface area contributed by atoms with E-state index in [-0.39, 0.29) is 46.2 Å². The smallest absolute Gasteiger partial charge is 0.312 e. The molecule has 4 aliphatic rings. The third-order valence-corrected chi connectivity index (χ3v) is 10.2. The van der Waals surface area contributed by atoms with Crippen LogP contribution in [-0.4, -0.2) is 35.5 Å². The zero-order valence-corrected chi connectivity index (χ0v) is 19.3. The molecule has 5 heteroatoms. The highest BCUT2D eigenvalue weighted by Gasteiger charge is 2.71. The molecule has 0 amide bonds. The summed E-state index contributed by atoms with van der Waals surface area (Å²) in [5.74, 6) is 1.04. The molecule has 162 valence electrons. The van der Waals surface area contributed by atoms with Crippen LogP contribution >= 0.6 is 12.2 Å². The van der Waals surface area contributed by atoms with Crippen LogP contribution in [0.25, 0.3) is 0 Å². The second kappa shape index (κ2) is 7.14. The van der Waals surface area contributed by atoms with Crippen molar-refractivity contribution in [3.63, 3.8) is 0 Å². The van der Waals surface area contributed by atoms with Crippen LogP contribution in [0.1, 0.15) is 79.1 Å². The van der Waals surface area contributed by atoms with Crippen molar-refractivity contribution >= 4 is 23.3 Å². The second-order valence-corrected chi connectivity index (χ2v) is 11.4. The minimum Gasteiger partial charge on any atom is -0.466 e. The number of esters is 1. The van der Waals surface area contributed by atoms with Gasteiger partial charge in [0, 0.05) is 12.5 Å². The van der Waals surface area contributed by atoms with Crippen LogP contribution < -0.4 is 0 Å². The van der Waals surface area contributed by atoms with Gasteiger partial charge >= 0.3 is 5.97 Å². The van der Waals surface area contributed by atoms with Gasteiger partial charge in [0.05, 0.1) is 23.2 Å². The van der Waals surface area contributed by atoms with Crippen LogP contribution in [0.4, 0.5) is 0 Å². The van der Waals surface area contributed by atoms with Gasteiger partial charge in [-0.1, -0.05) is 20.3 Å². The molecule has 0 saturated heterocycles. The minimum atomic E-state index is -0.384. The highest BCUT2D eigenvalue weighted by molar-refractivity contribution is 7.78. The Bertz CT molecular complexity index is 736. The molecule has 0 aromatic rings. The molecule has 4 saturated carbocycles. The van der Waals surface area contributed by atoms with Crippen LogP contribution in [0.5, 0.6) is 0 Å². The van der Waals surface area contributed by atoms with Crippen molar-refractivity contribution in [1.29, 1.82) is 0 Å². The first-order chi connectivity index (χ1) is 13.7. The summed E-state index contributed by atoms with van der Waals surface area (Å²) in [6, 6.07) is 0.0789. The molecule has 29 heavy (non-hydrogen) atoms. The number of thiocarbonyl (C=S) groups is 1. The fourth-order valence-corrected chi connectivity index (χ4v) is 9.23. The first-order valence-corrected chi connectivity index (χ1v) is 12.0. The van der Waals surface area contributed by atoms with Gasteiger partial charge in [0.25, 0.3) is 0 Å². The Hall–Kier alpha value is -0.770. The molecule has 4 nitrogen and oxygen atoms in total. The van der Waals surface area contributed by atoms with E-state index in [1.54, 1.807) is 0 Å². The van der Waals surface area contributed by atoms with E-state index in [9.17, 15) is 9.90 Å². The number of isothiocyanates is 1. The standard InChI is InChI=1S/C24H37NO3S/c1-5-28-20(27)23(4)10-6-9-22(3)17(23)8-12-24-14-21(2,11-7-18(22)24)19(25-15-29)16(24)13-26/h16-19,26H,5-14H2,1-4H3/t16-,17+,18+,19-,21+,22-,23-,24-/m1/s1. The first kappa shape index (κ1) is 21.5. The summed E-state index contributed by atoms with van der Waals surface area (Å²) in [6.45, 7) is 9.49. The molecule has 2 bridgehead atoms. The number of hydrogen-bond donors (Lipinski definition) is 1. The average molecular weight is 420 g/mol. The number of rotatable bonds is 4.